The van der Waals surface area contributed by atoms with Crippen molar-refractivity contribution in [2.24, 2.45) is 0 Å². The Kier molecular flexibility index (Phi) is 4.15. The Morgan fingerprint density at radius 3 is 2.85 bits per heavy atom. The van der Waals surface area contributed by atoms with Crippen molar-refractivity contribution in [2.45, 2.75) is 36.9 Å². The monoisotopic (exact) mass is 303 g/mol. The minimum atomic E-state index is -3.87. The first kappa shape index (κ1) is 15.4. The van der Waals surface area contributed by atoms with E-state index < -0.39 is 27.5 Å². The normalized spacial score (nSPS) is 26.9. The van der Waals surface area contributed by atoms with E-state index in [2.05, 4.69) is 4.72 Å². The first-order valence-corrected chi connectivity index (χ1v) is 7.83. The highest BCUT2D eigenvalue weighted by molar-refractivity contribution is 7.89. The molecule has 2 atom stereocenters. The van der Waals surface area contributed by atoms with Gasteiger partial charge in [-0.05, 0) is 31.5 Å². The molecule has 7 heteroatoms. The van der Waals surface area contributed by atoms with Crippen molar-refractivity contribution in [1.82, 2.24) is 4.72 Å². The molecule has 0 spiro atoms. The minimum absolute atomic E-state index is 0.118. The van der Waals surface area contributed by atoms with E-state index in [0.717, 1.165) is 6.07 Å². The van der Waals surface area contributed by atoms with Crippen LogP contribution in [0.2, 0.25) is 0 Å². The Labute approximate surface area is 117 Å². The third-order valence-corrected chi connectivity index (χ3v) is 5.21. The minimum Gasteiger partial charge on any atom is -0.386 e. The summed E-state index contributed by atoms with van der Waals surface area (Å²) in [5.74, 6) is -0.618. The number of nitrogens with one attached hydrogen (secondary N) is 1. The lowest BCUT2D eigenvalue weighted by Gasteiger charge is -2.26. The van der Waals surface area contributed by atoms with Gasteiger partial charge in [-0.1, -0.05) is 6.07 Å². The van der Waals surface area contributed by atoms with E-state index in [1.165, 1.54) is 12.1 Å². The van der Waals surface area contributed by atoms with Crippen LogP contribution in [0, 0.1) is 12.7 Å². The second kappa shape index (κ2) is 5.40. The van der Waals surface area contributed by atoms with E-state index in [1.807, 2.05) is 0 Å². The molecule has 0 radical (unpaired) electrons. The van der Waals surface area contributed by atoms with Crippen LogP contribution in [0.4, 0.5) is 4.39 Å². The Morgan fingerprint density at radius 1 is 1.55 bits per heavy atom. The summed E-state index contributed by atoms with van der Waals surface area (Å²) in [6.07, 6.45) is -0.0856. The lowest BCUT2D eigenvalue weighted by atomic mass is 9.97. The van der Waals surface area contributed by atoms with Crippen LogP contribution in [0.15, 0.2) is 23.1 Å². The maximum atomic E-state index is 13.2. The van der Waals surface area contributed by atoms with Crippen LogP contribution in [-0.4, -0.2) is 38.4 Å². The standard InChI is InChI=1S/C13H18FNO4S/c1-9-3-4-11(14)7-12(9)20(17,18)15-8-13(16)5-6-19-10(13)2/h3-4,7,10,15-16H,5-6,8H2,1-2H3. The molecule has 20 heavy (non-hydrogen) atoms. The molecule has 1 fully saturated rings. The molecule has 1 heterocycles. The second-order valence-electron chi connectivity index (χ2n) is 5.10. The second-order valence-corrected chi connectivity index (χ2v) is 6.84. The number of aliphatic hydroxyl groups is 1. The smallest absolute Gasteiger partial charge is 0.241 e. The zero-order valence-corrected chi connectivity index (χ0v) is 12.2. The van der Waals surface area contributed by atoms with Gasteiger partial charge in [0.1, 0.15) is 11.4 Å². The summed E-state index contributed by atoms with van der Waals surface area (Å²) in [5.41, 5.74) is -0.782. The Morgan fingerprint density at radius 2 is 2.25 bits per heavy atom. The molecule has 1 saturated heterocycles. The number of hydrogen-bond acceptors (Lipinski definition) is 4. The van der Waals surface area contributed by atoms with Crippen molar-refractivity contribution in [3.05, 3.63) is 29.6 Å². The third-order valence-electron chi connectivity index (χ3n) is 3.67. The first-order chi connectivity index (χ1) is 9.24. The quantitative estimate of drug-likeness (QED) is 0.868. The summed E-state index contributed by atoms with van der Waals surface area (Å²) in [7, 11) is -3.87. The van der Waals surface area contributed by atoms with Gasteiger partial charge in [-0.2, -0.15) is 0 Å². The largest absolute Gasteiger partial charge is 0.386 e. The van der Waals surface area contributed by atoms with Gasteiger partial charge in [-0.3, -0.25) is 0 Å². The maximum Gasteiger partial charge on any atom is 0.241 e. The van der Waals surface area contributed by atoms with Crippen LogP contribution in [0.3, 0.4) is 0 Å². The van der Waals surface area contributed by atoms with Crippen LogP contribution in [0.25, 0.3) is 0 Å². The number of hydrogen-bond donors (Lipinski definition) is 2. The molecule has 0 aliphatic carbocycles. The van der Waals surface area contributed by atoms with Gasteiger partial charge < -0.3 is 9.84 Å². The van der Waals surface area contributed by atoms with Gasteiger partial charge in [0.25, 0.3) is 0 Å². The van der Waals surface area contributed by atoms with Crippen molar-refractivity contribution in [2.75, 3.05) is 13.2 Å². The van der Waals surface area contributed by atoms with E-state index in [9.17, 15) is 17.9 Å². The molecule has 0 aromatic heterocycles. The number of aryl methyl sites for hydroxylation is 1. The molecule has 0 saturated carbocycles. The van der Waals surface area contributed by atoms with Gasteiger partial charge in [-0.25, -0.2) is 17.5 Å². The maximum absolute atomic E-state index is 13.2. The predicted octanol–water partition coefficient (Wildman–Crippen LogP) is 0.952. The van der Waals surface area contributed by atoms with E-state index in [-0.39, 0.29) is 11.4 Å². The number of rotatable bonds is 4. The Hall–Kier alpha value is -1.02. The fraction of sp³-hybridized carbons (Fsp3) is 0.538. The molecular formula is C13H18FNO4S. The average molecular weight is 303 g/mol. The van der Waals surface area contributed by atoms with E-state index in [4.69, 9.17) is 4.74 Å². The van der Waals surface area contributed by atoms with Gasteiger partial charge in [-0.15, -0.1) is 0 Å². The Balaban J connectivity index is 2.18. The van der Waals surface area contributed by atoms with Gasteiger partial charge in [0.2, 0.25) is 10.0 Å². The number of sulfonamides is 1. The topological polar surface area (TPSA) is 75.6 Å². The number of halogens is 1. The van der Waals surface area contributed by atoms with Crippen molar-refractivity contribution in [3.63, 3.8) is 0 Å². The summed E-state index contributed by atoms with van der Waals surface area (Å²) < 4.78 is 45.1. The van der Waals surface area contributed by atoms with Gasteiger partial charge in [0.05, 0.1) is 11.0 Å². The lowest BCUT2D eigenvalue weighted by molar-refractivity contribution is -0.0228. The fourth-order valence-corrected chi connectivity index (χ4v) is 3.52. The van der Waals surface area contributed by atoms with E-state index >= 15 is 0 Å². The number of benzene rings is 1. The molecule has 0 amide bonds. The van der Waals surface area contributed by atoms with Crippen LogP contribution >= 0.6 is 0 Å². The summed E-state index contributed by atoms with van der Waals surface area (Å²) in [6, 6.07) is 3.57. The van der Waals surface area contributed by atoms with Crippen molar-refractivity contribution in [3.8, 4) is 0 Å². The molecule has 2 unspecified atom stereocenters. The molecule has 1 aromatic rings. The Bertz CT molecular complexity index is 604. The van der Waals surface area contributed by atoms with Crippen LogP contribution < -0.4 is 4.72 Å². The molecule has 2 rings (SSSR count). The highest BCUT2D eigenvalue weighted by atomic mass is 32.2. The van der Waals surface area contributed by atoms with Gasteiger partial charge in [0, 0.05) is 19.6 Å². The summed E-state index contributed by atoms with van der Waals surface area (Å²) >= 11 is 0. The lowest BCUT2D eigenvalue weighted by Crippen LogP contribution is -2.47. The summed E-state index contributed by atoms with van der Waals surface area (Å²) in [6.45, 7) is 3.50. The highest BCUT2D eigenvalue weighted by Gasteiger charge is 2.40. The zero-order valence-electron chi connectivity index (χ0n) is 11.4. The van der Waals surface area contributed by atoms with E-state index in [1.54, 1.807) is 13.8 Å². The van der Waals surface area contributed by atoms with Crippen LogP contribution in [-0.2, 0) is 14.8 Å². The van der Waals surface area contributed by atoms with Crippen LogP contribution in [0.1, 0.15) is 18.9 Å². The fourth-order valence-electron chi connectivity index (χ4n) is 2.16. The molecule has 1 aromatic carbocycles. The predicted molar refractivity (Wildman–Crippen MR) is 71.3 cm³/mol. The summed E-state index contributed by atoms with van der Waals surface area (Å²) in [5, 5.41) is 10.3. The van der Waals surface area contributed by atoms with Gasteiger partial charge >= 0.3 is 0 Å². The third kappa shape index (κ3) is 3.01. The number of ether oxygens (including phenoxy) is 1. The molecule has 1 aliphatic heterocycles. The molecule has 5 nitrogen and oxygen atoms in total. The SMILES string of the molecule is Cc1ccc(F)cc1S(=O)(=O)NCC1(O)CCOC1C. The summed E-state index contributed by atoms with van der Waals surface area (Å²) in [4.78, 5) is -0.118. The molecular weight excluding hydrogens is 285 g/mol. The average Bonchev–Trinajstić information content (AvgIpc) is 2.71. The first-order valence-electron chi connectivity index (χ1n) is 6.34. The molecule has 112 valence electrons. The molecule has 2 N–H and O–H groups in total. The zero-order chi connectivity index (χ0) is 15.0. The van der Waals surface area contributed by atoms with Gasteiger partial charge in [0.15, 0.2) is 0 Å². The van der Waals surface area contributed by atoms with Crippen molar-refractivity contribution >= 4 is 10.0 Å². The molecule has 0 bridgehead atoms. The van der Waals surface area contributed by atoms with Crippen molar-refractivity contribution < 1.29 is 22.7 Å². The van der Waals surface area contributed by atoms with Crippen LogP contribution in [0.5, 0.6) is 0 Å². The van der Waals surface area contributed by atoms with Crippen molar-refractivity contribution in [1.29, 1.82) is 0 Å². The highest BCUT2D eigenvalue weighted by Crippen LogP contribution is 2.25. The van der Waals surface area contributed by atoms with E-state index in [0.29, 0.717) is 18.6 Å². The molecule has 1 aliphatic rings.